The lowest BCUT2D eigenvalue weighted by Crippen LogP contribution is -2.60. The number of nitrogens with one attached hydrogen (secondary N) is 1. The summed E-state index contributed by atoms with van der Waals surface area (Å²) in [7, 11) is 0. The van der Waals surface area contributed by atoms with E-state index in [1.807, 2.05) is 17.5 Å². The minimum atomic E-state index is -0.949. The van der Waals surface area contributed by atoms with Crippen LogP contribution in [0.15, 0.2) is 23.3 Å². The van der Waals surface area contributed by atoms with Crippen molar-refractivity contribution in [3.05, 3.63) is 28.1 Å². The summed E-state index contributed by atoms with van der Waals surface area (Å²) < 4.78 is 5.69. The summed E-state index contributed by atoms with van der Waals surface area (Å²) in [5.41, 5.74) is -0.397. The fourth-order valence-corrected chi connectivity index (χ4v) is 3.54. The third-order valence-corrected chi connectivity index (χ3v) is 5.55. The number of rotatable bonds is 4. The Hall–Kier alpha value is -1.82. The molecule has 124 valence electrons. The van der Waals surface area contributed by atoms with Crippen molar-refractivity contribution in [1.29, 1.82) is 0 Å². The van der Waals surface area contributed by atoms with E-state index < -0.39 is 5.54 Å². The highest BCUT2D eigenvalue weighted by molar-refractivity contribution is 7.11. The van der Waals surface area contributed by atoms with Crippen molar-refractivity contribution in [2.75, 3.05) is 6.73 Å². The number of thiophene rings is 1. The molecule has 2 aliphatic rings. The maximum absolute atomic E-state index is 13.0. The molecule has 1 N–H and O–H groups in total. The van der Waals surface area contributed by atoms with Crippen molar-refractivity contribution < 1.29 is 14.3 Å². The van der Waals surface area contributed by atoms with Crippen molar-refractivity contribution >= 4 is 28.7 Å². The molecule has 3 rings (SSSR count). The highest BCUT2D eigenvalue weighted by atomic mass is 32.1. The zero-order valence-electron chi connectivity index (χ0n) is 13.7. The Bertz CT molecular complexity index is 645. The molecule has 2 amide bonds. The predicted molar refractivity (Wildman–Crippen MR) is 89.6 cm³/mol. The summed E-state index contributed by atoms with van der Waals surface area (Å²) in [6.07, 6.45) is 3.19. The van der Waals surface area contributed by atoms with Crippen LogP contribution in [-0.2, 0) is 14.3 Å². The number of carbonyl (C=O) groups is 2. The molecule has 2 heterocycles. The third-order valence-electron chi connectivity index (χ3n) is 4.66. The van der Waals surface area contributed by atoms with Gasteiger partial charge in [0, 0.05) is 10.9 Å². The minimum absolute atomic E-state index is 0.102. The van der Waals surface area contributed by atoms with Crippen LogP contribution in [0, 0.1) is 0 Å². The van der Waals surface area contributed by atoms with Crippen LogP contribution >= 0.6 is 11.3 Å². The number of hydrogen-bond donors (Lipinski definition) is 1. The average molecular weight is 334 g/mol. The van der Waals surface area contributed by atoms with Gasteiger partial charge in [0.2, 0.25) is 5.91 Å². The van der Waals surface area contributed by atoms with Crippen LogP contribution in [0.3, 0.4) is 0 Å². The zero-order valence-corrected chi connectivity index (χ0v) is 14.5. The molecule has 1 saturated carbocycles. The Balaban J connectivity index is 1.82. The molecular weight excluding hydrogens is 312 g/mol. The predicted octanol–water partition coefficient (Wildman–Crippen LogP) is 2.74. The molecule has 0 atom stereocenters. The normalized spacial score (nSPS) is 19.4. The molecule has 1 aromatic rings. The Labute approximate surface area is 140 Å². The van der Waals surface area contributed by atoms with Gasteiger partial charge in [-0.05, 0) is 51.5 Å². The van der Waals surface area contributed by atoms with Crippen LogP contribution in [0.25, 0.3) is 5.57 Å². The maximum Gasteiger partial charge on any atom is 0.262 e. The molecule has 1 aliphatic carbocycles. The fourth-order valence-electron chi connectivity index (χ4n) is 2.73. The summed E-state index contributed by atoms with van der Waals surface area (Å²) in [4.78, 5) is 28.0. The number of carbonyl (C=O) groups excluding carboxylic acids is 2. The molecule has 0 bridgehead atoms. The van der Waals surface area contributed by atoms with E-state index in [0.717, 1.165) is 24.1 Å². The summed E-state index contributed by atoms with van der Waals surface area (Å²) in [5, 5.41) is 4.96. The van der Waals surface area contributed by atoms with Crippen LogP contribution in [0.2, 0.25) is 0 Å². The SMILES string of the molecule is CC1=C(c2cccs2)C(=O)N(C(C)(C)C(=O)NC2CCC2)CO1. The second-order valence-electron chi connectivity index (χ2n) is 6.58. The van der Waals surface area contributed by atoms with Gasteiger partial charge < -0.3 is 10.1 Å². The van der Waals surface area contributed by atoms with E-state index in [0.29, 0.717) is 11.3 Å². The summed E-state index contributed by atoms with van der Waals surface area (Å²) in [6.45, 7) is 5.44. The minimum Gasteiger partial charge on any atom is -0.477 e. The standard InChI is InChI=1S/C17H22N2O3S/c1-11-14(13-8-5-9-23-13)15(20)19(10-22-11)17(2,3)16(21)18-12-6-4-7-12/h5,8-9,12H,4,6-7,10H2,1-3H3,(H,18,21). The molecule has 6 heteroatoms. The lowest BCUT2D eigenvalue weighted by Gasteiger charge is -2.41. The molecule has 0 unspecified atom stereocenters. The number of nitrogens with zero attached hydrogens (tertiary/aromatic N) is 1. The number of hydrogen-bond acceptors (Lipinski definition) is 4. The largest absolute Gasteiger partial charge is 0.477 e. The van der Waals surface area contributed by atoms with Crippen LogP contribution in [0.1, 0.15) is 44.9 Å². The highest BCUT2D eigenvalue weighted by Crippen LogP contribution is 2.33. The van der Waals surface area contributed by atoms with E-state index in [2.05, 4.69) is 5.32 Å². The van der Waals surface area contributed by atoms with Gasteiger partial charge in [-0.3, -0.25) is 14.5 Å². The Morgan fingerprint density at radius 1 is 1.43 bits per heavy atom. The van der Waals surface area contributed by atoms with Crippen LogP contribution in [0.5, 0.6) is 0 Å². The van der Waals surface area contributed by atoms with Crippen LogP contribution in [-0.4, -0.2) is 35.0 Å². The molecule has 1 fully saturated rings. The molecule has 0 spiro atoms. The lowest BCUT2D eigenvalue weighted by molar-refractivity contribution is -0.150. The molecular formula is C17H22N2O3S. The topological polar surface area (TPSA) is 58.6 Å². The Morgan fingerprint density at radius 3 is 2.74 bits per heavy atom. The van der Waals surface area contributed by atoms with Gasteiger partial charge in [-0.2, -0.15) is 0 Å². The van der Waals surface area contributed by atoms with E-state index in [4.69, 9.17) is 4.74 Å². The van der Waals surface area contributed by atoms with Crippen LogP contribution in [0.4, 0.5) is 0 Å². The molecule has 1 aromatic heterocycles. The van der Waals surface area contributed by atoms with E-state index >= 15 is 0 Å². The van der Waals surface area contributed by atoms with Gasteiger partial charge in [0.15, 0.2) is 6.73 Å². The molecule has 0 radical (unpaired) electrons. The van der Waals surface area contributed by atoms with Gasteiger partial charge in [0.1, 0.15) is 11.3 Å². The van der Waals surface area contributed by atoms with Gasteiger partial charge in [-0.1, -0.05) is 6.07 Å². The first-order chi connectivity index (χ1) is 10.9. The van der Waals surface area contributed by atoms with Gasteiger partial charge in [0.05, 0.1) is 5.57 Å². The summed E-state index contributed by atoms with van der Waals surface area (Å²) in [6, 6.07) is 4.05. The van der Waals surface area contributed by atoms with Gasteiger partial charge in [-0.25, -0.2) is 0 Å². The van der Waals surface area contributed by atoms with Gasteiger partial charge >= 0.3 is 0 Å². The monoisotopic (exact) mass is 334 g/mol. The molecule has 5 nitrogen and oxygen atoms in total. The van der Waals surface area contributed by atoms with E-state index in [-0.39, 0.29) is 24.6 Å². The van der Waals surface area contributed by atoms with Gasteiger partial charge in [0.25, 0.3) is 5.91 Å². The third kappa shape index (κ3) is 2.87. The van der Waals surface area contributed by atoms with Crippen molar-refractivity contribution in [1.82, 2.24) is 10.2 Å². The van der Waals surface area contributed by atoms with E-state index in [1.54, 1.807) is 20.8 Å². The van der Waals surface area contributed by atoms with Crippen molar-refractivity contribution in [2.45, 2.75) is 51.6 Å². The first-order valence-electron chi connectivity index (χ1n) is 7.91. The molecule has 0 aromatic carbocycles. The zero-order chi connectivity index (χ0) is 16.6. The highest BCUT2D eigenvalue weighted by Gasteiger charge is 2.43. The first kappa shape index (κ1) is 16.1. The molecule has 0 saturated heterocycles. The smallest absolute Gasteiger partial charge is 0.262 e. The molecule has 23 heavy (non-hydrogen) atoms. The number of allylic oxidation sites excluding steroid dienone is 1. The second-order valence-corrected chi connectivity index (χ2v) is 7.52. The lowest BCUT2D eigenvalue weighted by atomic mass is 9.91. The van der Waals surface area contributed by atoms with E-state index in [9.17, 15) is 9.59 Å². The summed E-state index contributed by atoms with van der Waals surface area (Å²) in [5.74, 6) is 0.345. The van der Waals surface area contributed by atoms with Crippen LogP contribution < -0.4 is 5.32 Å². The number of ether oxygens (including phenoxy) is 1. The fraction of sp³-hybridized carbons (Fsp3) is 0.529. The first-order valence-corrected chi connectivity index (χ1v) is 8.79. The Morgan fingerprint density at radius 2 is 2.17 bits per heavy atom. The van der Waals surface area contributed by atoms with Crippen molar-refractivity contribution in [3.8, 4) is 0 Å². The summed E-state index contributed by atoms with van der Waals surface area (Å²) >= 11 is 1.50. The van der Waals surface area contributed by atoms with Crippen molar-refractivity contribution in [2.24, 2.45) is 0 Å². The quantitative estimate of drug-likeness (QED) is 0.921. The second kappa shape index (κ2) is 6.00. The Kier molecular flexibility index (Phi) is 4.19. The number of amides is 2. The van der Waals surface area contributed by atoms with Crippen molar-refractivity contribution in [3.63, 3.8) is 0 Å². The maximum atomic E-state index is 13.0. The van der Waals surface area contributed by atoms with E-state index in [1.165, 1.54) is 16.2 Å². The van der Waals surface area contributed by atoms with Gasteiger partial charge in [-0.15, -0.1) is 11.3 Å². The average Bonchev–Trinajstić information content (AvgIpc) is 2.96. The molecule has 1 aliphatic heterocycles.